The molecule has 3 amide bonds. The lowest BCUT2D eigenvalue weighted by atomic mass is 10.1. The number of Topliss-reactive ketones (excluding diaryl/α,β-unsaturated/α-hetero) is 1. The van der Waals surface area contributed by atoms with Crippen molar-refractivity contribution in [1.29, 1.82) is 0 Å². The third-order valence-corrected chi connectivity index (χ3v) is 4.04. The lowest BCUT2D eigenvalue weighted by Crippen LogP contribution is -2.51. The molecule has 0 saturated carbocycles. The number of carbonyl (C=O) groups is 4. The van der Waals surface area contributed by atoms with Gasteiger partial charge in [0.25, 0.3) is 0 Å². The van der Waals surface area contributed by atoms with Gasteiger partial charge in [0.15, 0.2) is 11.9 Å². The first-order valence-electron chi connectivity index (χ1n) is 9.77. The molecule has 0 radical (unpaired) electrons. The fourth-order valence-corrected chi connectivity index (χ4v) is 2.50. The topological polar surface area (TPSA) is 245 Å². The van der Waals surface area contributed by atoms with Gasteiger partial charge in [0.2, 0.25) is 17.6 Å². The van der Waals surface area contributed by atoms with Crippen LogP contribution in [0.4, 0.5) is 0 Å². The highest BCUT2D eigenvalue weighted by Crippen LogP contribution is 2.01. The summed E-state index contributed by atoms with van der Waals surface area (Å²) in [7, 11) is 1.60. The Morgan fingerprint density at radius 1 is 0.938 bits per heavy atom. The van der Waals surface area contributed by atoms with E-state index in [-0.39, 0.29) is 24.9 Å². The summed E-state index contributed by atoms with van der Waals surface area (Å²) in [5.74, 6) is -3.22. The molecule has 178 valence electrons. The van der Waals surface area contributed by atoms with Crippen LogP contribution in [0.5, 0.6) is 0 Å². The van der Waals surface area contributed by atoms with Gasteiger partial charge in [-0.15, -0.1) is 0 Å². The Bertz CT molecular complexity index is 751. The van der Waals surface area contributed by atoms with Crippen LogP contribution in [0.15, 0.2) is 9.98 Å². The molecule has 0 bridgehead atoms. The van der Waals surface area contributed by atoms with Crippen molar-refractivity contribution in [2.45, 2.75) is 37.8 Å². The molecule has 0 aliphatic rings. The molecule has 2 atom stereocenters. The van der Waals surface area contributed by atoms with Crippen LogP contribution in [-0.2, 0) is 19.2 Å². The summed E-state index contributed by atoms with van der Waals surface area (Å²) in [5, 5.41) is 9.64. The van der Waals surface area contributed by atoms with Crippen LogP contribution in [0.2, 0.25) is 0 Å². The maximum atomic E-state index is 12.3. The first-order chi connectivity index (χ1) is 15.1. The number of hydrogen-bond donors (Lipinski definition) is 8. The summed E-state index contributed by atoms with van der Waals surface area (Å²) < 4.78 is 0. The molecular formula is C18H32N10O4. The number of nitrogens with two attached hydrogens (primary N) is 4. The molecule has 0 aliphatic carbocycles. The number of aliphatic imine (C=N–C) groups is 2. The van der Waals surface area contributed by atoms with Gasteiger partial charge in [-0.1, -0.05) is 6.42 Å². The van der Waals surface area contributed by atoms with Gasteiger partial charge in [-0.2, -0.15) is 0 Å². The number of hydrogen-bond acceptors (Lipinski definition) is 7. The van der Waals surface area contributed by atoms with Crippen molar-refractivity contribution in [3.8, 4) is 12.5 Å². The summed E-state index contributed by atoms with van der Waals surface area (Å²) in [5.41, 5.74) is 21.0. The van der Waals surface area contributed by atoms with Crippen molar-refractivity contribution >= 4 is 35.4 Å². The minimum atomic E-state index is -1.17. The smallest absolute Gasteiger partial charge is 0.301 e. The SMILES string of the molecule is C#CNC(=O)C(=O)[C@H](CCCN=C(N)N)NC(=O)CNC(=O)[C@@H](CCCN=C(N)N)NC. The van der Waals surface area contributed by atoms with Crippen molar-refractivity contribution in [1.82, 2.24) is 21.3 Å². The average Bonchev–Trinajstić information content (AvgIpc) is 2.73. The standard InChI is InChI=1S/C18H32N10O4/c1-3-24-16(32)14(30)11(6-4-8-25-17(19)20)28-13(29)10-27-15(31)12(23-2)7-5-9-26-18(21)22/h1,11-12,23H,4-10H2,2H3,(H,24,32)(H,27,31)(H,28,29)(H4,19,20,25)(H4,21,22,26)/t11-,12+/m0/s1. The molecule has 0 saturated heterocycles. The monoisotopic (exact) mass is 452 g/mol. The molecule has 0 aromatic rings. The average molecular weight is 453 g/mol. The number of amides is 3. The Kier molecular flexibility index (Phi) is 14.0. The third-order valence-electron chi connectivity index (χ3n) is 4.04. The fourth-order valence-electron chi connectivity index (χ4n) is 2.50. The second-order valence-corrected chi connectivity index (χ2v) is 6.54. The van der Waals surface area contributed by atoms with E-state index in [0.29, 0.717) is 25.8 Å². The second kappa shape index (κ2) is 15.9. The van der Waals surface area contributed by atoms with E-state index in [9.17, 15) is 19.2 Å². The predicted octanol–water partition coefficient (Wildman–Crippen LogP) is -4.44. The van der Waals surface area contributed by atoms with Crippen LogP contribution in [0.3, 0.4) is 0 Å². The summed E-state index contributed by atoms with van der Waals surface area (Å²) in [6.45, 7) is 0.149. The first-order valence-corrected chi connectivity index (χ1v) is 9.77. The summed E-state index contributed by atoms with van der Waals surface area (Å²) >= 11 is 0. The minimum absolute atomic E-state index is 0.0366. The van der Waals surface area contributed by atoms with Crippen LogP contribution in [-0.4, -0.2) is 74.2 Å². The number of terminal acetylenes is 1. The minimum Gasteiger partial charge on any atom is -0.370 e. The van der Waals surface area contributed by atoms with Gasteiger partial charge < -0.3 is 38.9 Å². The van der Waals surface area contributed by atoms with Crippen LogP contribution in [0.25, 0.3) is 0 Å². The zero-order chi connectivity index (χ0) is 24.5. The molecule has 32 heavy (non-hydrogen) atoms. The largest absolute Gasteiger partial charge is 0.370 e. The van der Waals surface area contributed by atoms with Gasteiger partial charge in [0.1, 0.15) is 0 Å². The Morgan fingerprint density at radius 2 is 1.47 bits per heavy atom. The van der Waals surface area contributed by atoms with E-state index in [4.69, 9.17) is 29.4 Å². The Labute approximate surface area is 186 Å². The molecule has 0 heterocycles. The van der Waals surface area contributed by atoms with E-state index >= 15 is 0 Å². The Hall–Kier alpha value is -3.86. The van der Waals surface area contributed by atoms with Crippen molar-refractivity contribution in [2.75, 3.05) is 26.7 Å². The molecule has 0 aromatic carbocycles. The highest BCUT2D eigenvalue weighted by atomic mass is 16.2. The van der Waals surface area contributed by atoms with Crippen molar-refractivity contribution in [3.05, 3.63) is 0 Å². The predicted molar refractivity (Wildman–Crippen MR) is 120 cm³/mol. The van der Waals surface area contributed by atoms with E-state index < -0.39 is 42.1 Å². The number of rotatable bonds is 15. The van der Waals surface area contributed by atoms with Crippen molar-refractivity contribution in [3.63, 3.8) is 0 Å². The van der Waals surface area contributed by atoms with E-state index in [2.05, 4.69) is 25.9 Å². The number of carbonyl (C=O) groups excluding carboxylic acids is 4. The van der Waals surface area contributed by atoms with Crippen LogP contribution < -0.4 is 44.2 Å². The fraction of sp³-hybridized carbons (Fsp3) is 0.556. The summed E-state index contributed by atoms with van der Waals surface area (Å²) in [4.78, 5) is 56.1. The van der Waals surface area contributed by atoms with Crippen molar-refractivity contribution in [2.24, 2.45) is 32.9 Å². The van der Waals surface area contributed by atoms with E-state index in [1.165, 1.54) is 0 Å². The third kappa shape index (κ3) is 12.6. The van der Waals surface area contributed by atoms with Gasteiger partial charge in [0.05, 0.1) is 18.6 Å². The highest BCUT2D eigenvalue weighted by Gasteiger charge is 2.26. The van der Waals surface area contributed by atoms with Gasteiger partial charge in [-0.25, -0.2) is 0 Å². The highest BCUT2D eigenvalue weighted by molar-refractivity contribution is 6.38. The normalized spacial score (nSPS) is 11.8. The maximum Gasteiger partial charge on any atom is 0.301 e. The number of nitrogens with zero attached hydrogens (tertiary/aromatic N) is 2. The van der Waals surface area contributed by atoms with Gasteiger partial charge in [0, 0.05) is 19.1 Å². The molecule has 0 rings (SSSR count). The number of guanidine groups is 2. The summed E-state index contributed by atoms with van der Waals surface area (Å²) in [6, 6.07) is 0.112. The maximum absolute atomic E-state index is 12.3. The lowest BCUT2D eigenvalue weighted by molar-refractivity contribution is -0.139. The van der Waals surface area contributed by atoms with Crippen LogP contribution >= 0.6 is 0 Å². The molecule has 14 heteroatoms. The van der Waals surface area contributed by atoms with Crippen LogP contribution in [0, 0.1) is 12.5 Å². The van der Waals surface area contributed by atoms with E-state index in [0.717, 1.165) is 0 Å². The lowest BCUT2D eigenvalue weighted by Gasteiger charge is -2.18. The summed E-state index contributed by atoms with van der Waals surface area (Å²) in [6.07, 6.45) is 6.32. The molecule has 0 fully saturated rings. The van der Waals surface area contributed by atoms with Crippen LogP contribution in [0.1, 0.15) is 25.7 Å². The zero-order valence-electron chi connectivity index (χ0n) is 18.0. The number of nitrogens with one attached hydrogen (secondary N) is 4. The number of ketones is 1. The second-order valence-electron chi connectivity index (χ2n) is 6.54. The van der Waals surface area contributed by atoms with E-state index in [1.807, 2.05) is 11.4 Å². The molecule has 14 nitrogen and oxygen atoms in total. The molecular weight excluding hydrogens is 420 g/mol. The van der Waals surface area contributed by atoms with Gasteiger partial charge in [-0.3, -0.25) is 34.5 Å². The molecule has 12 N–H and O–H groups in total. The molecule has 0 unspecified atom stereocenters. The van der Waals surface area contributed by atoms with Crippen molar-refractivity contribution < 1.29 is 19.2 Å². The van der Waals surface area contributed by atoms with E-state index in [1.54, 1.807) is 7.05 Å². The first kappa shape index (κ1) is 28.1. The van der Waals surface area contributed by atoms with Gasteiger partial charge in [-0.05, 0) is 32.7 Å². The molecule has 0 aromatic heterocycles. The van der Waals surface area contributed by atoms with Gasteiger partial charge >= 0.3 is 5.91 Å². The number of likely N-dealkylation sites (N-methyl/N-ethyl adjacent to an activating group) is 1. The Balaban J connectivity index is 4.79. The quantitative estimate of drug-likeness (QED) is 0.0298. The molecule has 0 spiro atoms. The zero-order valence-corrected chi connectivity index (χ0v) is 18.0. The molecule has 0 aliphatic heterocycles. The Morgan fingerprint density at radius 3 is 1.94 bits per heavy atom.